The first-order valence-electron chi connectivity index (χ1n) is 9.41. The summed E-state index contributed by atoms with van der Waals surface area (Å²) in [5, 5.41) is 11.5. The maximum Gasteiger partial charge on any atom is 0.233 e. The zero-order valence-corrected chi connectivity index (χ0v) is 16.7. The molecule has 2 aromatic carbocycles. The van der Waals surface area contributed by atoms with Crippen molar-refractivity contribution < 1.29 is 9.90 Å². The van der Waals surface area contributed by atoms with Crippen molar-refractivity contribution in [2.24, 2.45) is 0 Å². The summed E-state index contributed by atoms with van der Waals surface area (Å²) in [7, 11) is 0. The minimum absolute atomic E-state index is 0.156. The van der Waals surface area contributed by atoms with Crippen LogP contribution in [-0.2, 0) is 4.79 Å². The molecule has 0 aliphatic carbocycles. The highest BCUT2D eigenvalue weighted by Crippen LogP contribution is 2.24. The molecule has 1 amide bonds. The van der Waals surface area contributed by atoms with E-state index in [9.17, 15) is 9.90 Å². The number of aromatic nitrogens is 1. The quantitative estimate of drug-likeness (QED) is 0.685. The summed E-state index contributed by atoms with van der Waals surface area (Å²) in [6.45, 7) is 5.11. The molecule has 5 nitrogen and oxygen atoms in total. The number of hydrogen-bond donors (Lipinski definition) is 1. The highest BCUT2D eigenvalue weighted by molar-refractivity contribution is 7.99. The molecule has 1 aromatic heterocycles. The Morgan fingerprint density at radius 2 is 1.79 bits per heavy atom. The first-order valence-corrected chi connectivity index (χ1v) is 10.4. The number of phenolic OH excluding ortho intramolecular Hbond substituents is 1. The first kappa shape index (κ1) is 18.6. The Morgan fingerprint density at radius 1 is 1.07 bits per heavy atom. The van der Waals surface area contributed by atoms with Gasteiger partial charge in [-0.2, -0.15) is 0 Å². The average Bonchev–Trinajstić information content (AvgIpc) is 2.73. The van der Waals surface area contributed by atoms with Crippen molar-refractivity contribution in [2.45, 2.75) is 11.9 Å². The van der Waals surface area contributed by atoms with Gasteiger partial charge < -0.3 is 14.9 Å². The lowest BCUT2D eigenvalue weighted by atomic mass is 10.1. The minimum Gasteiger partial charge on any atom is -0.508 e. The highest BCUT2D eigenvalue weighted by Gasteiger charge is 2.21. The number of aromatic hydroxyl groups is 1. The van der Waals surface area contributed by atoms with Gasteiger partial charge in [-0.25, -0.2) is 4.98 Å². The Kier molecular flexibility index (Phi) is 5.39. The molecule has 1 aliphatic heterocycles. The second-order valence-corrected chi connectivity index (χ2v) is 7.96. The number of nitrogens with zero attached hydrogens (tertiary/aromatic N) is 3. The van der Waals surface area contributed by atoms with Crippen LogP contribution in [0.15, 0.2) is 59.6 Å². The van der Waals surface area contributed by atoms with Gasteiger partial charge in [-0.05, 0) is 48.9 Å². The molecule has 6 heteroatoms. The van der Waals surface area contributed by atoms with Gasteiger partial charge in [0.15, 0.2) is 0 Å². The lowest BCUT2D eigenvalue weighted by Crippen LogP contribution is -2.49. The molecule has 1 aliphatic rings. The van der Waals surface area contributed by atoms with Gasteiger partial charge in [0.25, 0.3) is 0 Å². The molecular formula is C22H23N3O2S. The molecule has 2 heterocycles. The van der Waals surface area contributed by atoms with E-state index in [1.807, 2.05) is 35.2 Å². The van der Waals surface area contributed by atoms with Crippen LogP contribution in [-0.4, -0.2) is 52.8 Å². The van der Waals surface area contributed by atoms with Gasteiger partial charge in [-0.1, -0.05) is 30.0 Å². The number of piperazine rings is 1. The number of anilines is 1. The second-order valence-electron chi connectivity index (χ2n) is 6.97. The van der Waals surface area contributed by atoms with Crippen LogP contribution in [0.5, 0.6) is 5.75 Å². The van der Waals surface area contributed by atoms with Crippen molar-refractivity contribution in [3.63, 3.8) is 0 Å². The van der Waals surface area contributed by atoms with Gasteiger partial charge in [0, 0.05) is 37.3 Å². The fraction of sp³-hybridized carbons (Fsp3) is 0.273. The number of para-hydroxylation sites is 1. The number of benzene rings is 2. The number of amides is 1. The number of carbonyl (C=O) groups is 1. The number of fused-ring (bicyclic) bond motifs is 1. The van der Waals surface area contributed by atoms with Crippen LogP contribution >= 0.6 is 11.8 Å². The van der Waals surface area contributed by atoms with Gasteiger partial charge in [-0.15, -0.1) is 0 Å². The van der Waals surface area contributed by atoms with E-state index in [0.29, 0.717) is 18.8 Å². The number of rotatable bonds is 4. The number of phenols is 1. The van der Waals surface area contributed by atoms with Crippen molar-refractivity contribution in [1.29, 1.82) is 0 Å². The molecule has 0 bridgehead atoms. The molecule has 4 rings (SSSR count). The predicted molar refractivity (Wildman–Crippen MR) is 114 cm³/mol. The Labute approximate surface area is 169 Å². The summed E-state index contributed by atoms with van der Waals surface area (Å²) in [5.74, 6) is 0.833. The van der Waals surface area contributed by atoms with Crippen LogP contribution in [0.1, 0.15) is 5.56 Å². The standard InChI is InChI=1S/C22H23N3O2S/c1-16-14-21(23-20-5-3-2-4-19(16)20)28-15-22(27)25-12-10-24(11-13-25)17-6-8-18(26)9-7-17/h2-9,14,26H,10-13,15H2,1H3. The van der Waals surface area contributed by atoms with Crippen molar-refractivity contribution >= 4 is 34.3 Å². The summed E-state index contributed by atoms with van der Waals surface area (Å²) < 4.78 is 0. The predicted octanol–water partition coefficient (Wildman–Crippen LogP) is 3.69. The van der Waals surface area contributed by atoms with Crippen LogP contribution in [0.25, 0.3) is 10.9 Å². The molecule has 0 radical (unpaired) electrons. The Bertz CT molecular complexity index is 983. The van der Waals surface area contributed by atoms with E-state index in [1.54, 1.807) is 12.1 Å². The normalized spacial score (nSPS) is 14.5. The van der Waals surface area contributed by atoms with Crippen LogP contribution < -0.4 is 4.90 Å². The molecule has 144 valence electrons. The van der Waals surface area contributed by atoms with E-state index in [-0.39, 0.29) is 11.7 Å². The van der Waals surface area contributed by atoms with E-state index in [1.165, 1.54) is 17.3 Å². The van der Waals surface area contributed by atoms with E-state index < -0.39 is 0 Å². The summed E-state index contributed by atoms with van der Waals surface area (Å²) >= 11 is 1.51. The lowest BCUT2D eigenvalue weighted by Gasteiger charge is -2.36. The first-order chi connectivity index (χ1) is 13.6. The van der Waals surface area contributed by atoms with Crippen molar-refractivity contribution in [3.05, 3.63) is 60.2 Å². The number of thioether (sulfide) groups is 1. The third-order valence-corrected chi connectivity index (χ3v) is 5.99. The topological polar surface area (TPSA) is 56.7 Å². The van der Waals surface area contributed by atoms with Gasteiger partial charge >= 0.3 is 0 Å². The summed E-state index contributed by atoms with van der Waals surface area (Å²) in [6.07, 6.45) is 0. The minimum atomic E-state index is 0.156. The number of hydrogen-bond acceptors (Lipinski definition) is 5. The van der Waals surface area contributed by atoms with Gasteiger partial charge in [0.2, 0.25) is 5.91 Å². The molecule has 1 N–H and O–H groups in total. The molecule has 0 saturated carbocycles. The Morgan fingerprint density at radius 3 is 2.54 bits per heavy atom. The molecular weight excluding hydrogens is 370 g/mol. The van der Waals surface area contributed by atoms with Crippen LogP contribution in [0.3, 0.4) is 0 Å². The van der Waals surface area contributed by atoms with Crippen molar-refractivity contribution in [3.8, 4) is 5.75 Å². The Hall–Kier alpha value is -2.73. The highest BCUT2D eigenvalue weighted by atomic mass is 32.2. The van der Waals surface area contributed by atoms with Gasteiger partial charge in [-0.3, -0.25) is 4.79 Å². The molecule has 0 unspecified atom stereocenters. The van der Waals surface area contributed by atoms with E-state index in [4.69, 9.17) is 0 Å². The largest absolute Gasteiger partial charge is 0.508 e. The van der Waals surface area contributed by atoms with Crippen molar-refractivity contribution in [2.75, 3.05) is 36.8 Å². The zero-order chi connectivity index (χ0) is 19.5. The lowest BCUT2D eigenvalue weighted by molar-refractivity contribution is -0.128. The van der Waals surface area contributed by atoms with Gasteiger partial charge in [0.05, 0.1) is 16.3 Å². The average molecular weight is 394 g/mol. The maximum absolute atomic E-state index is 12.6. The molecule has 1 fully saturated rings. The van der Waals surface area contributed by atoms with Crippen LogP contribution in [0, 0.1) is 6.92 Å². The second kappa shape index (κ2) is 8.10. The van der Waals surface area contributed by atoms with Crippen LogP contribution in [0.2, 0.25) is 0 Å². The number of aryl methyl sites for hydroxylation is 1. The maximum atomic E-state index is 12.6. The molecule has 0 spiro atoms. The summed E-state index contributed by atoms with van der Waals surface area (Å²) in [4.78, 5) is 21.5. The van der Waals surface area contributed by atoms with E-state index in [0.717, 1.165) is 34.7 Å². The molecule has 3 aromatic rings. The SMILES string of the molecule is Cc1cc(SCC(=O)N2CCN(c3ccc(O)cc3)CC2)nc2ccccc12. The van der Waals surface area contributed by atoms with Crippen LogP contribution in [0.4, 0.5) is 5.69 Å². The summed E-state index contributed by atoms with van der Waals surface area (Å²) in [5.41, 5.74) is 3.23. The third-order valence-electron chi connectivity index (χ3n) is 5.09. The monoisotopic (exact) mass is 393 g/mol. The molecule has 0 atom stereocenters. The van der Waals surface area contributed by atoms with Crippen molar-refractivity contribution in [1.82, 2.24) is 9.88 Å². The summed E-state index contributed by atoms with van der Waals surface area (Å²) in [6, 6.07) is 17.4. The third kappa shape index (κ3) is 4.07. The molecule has 28 heavy (non-hydrogen) atoms. The fourth-order valence-corrected chi connectivity index (χ4v) is 4.37. The molecule has 1 saturated heterocycles. The smallest absolute Gasteiger partial charge is 0.233 e. The number of carbonyl (C=O) groups excluding carboxylic acids is 1. The zero-order valence-electron chi connectivity index (χ0n) is 15.8. The van der Waals surface area contributed by atoms with Gasteiger partial charge in [0.1, 0.15) is 5.75 Å². The Balaban J connectivity index is 1.33. The fourth-order valence-electron chi connectivity index (χ4n) is 3.50. The van der Waals surface area contributed by atoms with E-state index in [2.05, 4.69) is 28.9 Å². The number of pyridine rings is 1. The van der Waals surface area contributed by atoms with E-state index >= 15 is 0 Å².